The van der Waals surface area contributed by atoms with E-state index in [1.807, 2.05) is 19.3 Å². The van der Waals surface area contributed by atoms with Crippen molar-refractivity contribution in [3.63, 3.8) is 0 Å². The van der Waals surface area contributed by atoms with Gasteiger partial charge in [0.25, 0.3) is 0 Å². The van der Waals surface area contributed by atoms with Gasteiger partial charge in [-0.3, -0.25) is 0 Å². The van der Waals surface area contributed by atoms with E-state index < -0.39 is 0 Å². The Labute approximate surface area is 91.8 Å². The lowest BCUT2D eigenvalue weighted by Crippen LogP contribution is -2.20. The Morgan fingerprint density at radius 1 is 1.47 bits per heavy atom. The van der Waals surface area contributed by atoms with Crippen LogP contribution in [0, 0.1) is 0 Å². The maximum Gasteiger partial charge on any atom is 0.0950 e. The number of hydrogen-bond donors (Lipinski definition) is 1. The third kappa shape index (κ3) is 4.49. The summed E-state index contributed by atoms with van der Waals surface area (Å²) in [4.78, 5) is 0. The zero-order valence-corrected chi connectivity index (χ0v) is 9.66. The second kappa shape index (κ2) is 7.49. The van der Waals surface area contributed by atoms with E-state index in [1.165, 1.54) is 5.56 Å². The predicted molar refractivity (Wildman–Crippen MR) is 60.9 cm³/mol. The summed E-state index contributed by atoms with van der Waals surface area (Å²) < 4.78 is 10.4. The van der Waals surface area contributed by atoms with Gasteiger partial charge < -0.3 is 14.5 Å². The van der Waals surface area contributed by atoms with Crippen LogP contribution < -0.4 is 5.32 Å². The highest BCUT2D eigenvalue weighted by Crippen LogP contribution is 2.18. The Bertz CT molecular complexity index is 234. The summed E-state index contributed by atoms with van der Waals surface area (Å²) >= 11 is 0. The van der Waals surface area contributed by atoms with Gasteiger partial charge in [-0.05, 0) is 32.4 Å². The highest BCUT2D eigenvalue weighted by Gasteiger charge is 2.10. The molecule has 0 bridgehead atoms. The smallest absolute Gasteiger partial charge is 0.0950 e. The lowest BCUT2D eigenvalue weighted by molar-refractivity contribution is 0.141. The highest BCUT2D eigenvalue weighted by atomic mass is 16.5. The van der Waals surface area contributed by atoms with Gasteiger partial charge in [-0.1, -0.05) is 6.92 Å². The fourth-order valence-electron chi connectivity index (χ4n) is 1.64. The van der Waals surface area contributed by atoms with Gasteiger partial charge in [-0.25, -0.2) is 0 Å². The van der Waals surface area contributed by atoms with Gasteiger partial charge in [0.2, 0.25) is 0 Å². The minimum atomic E-state index is 0.397. The van der Waals surface area contributed by atoms with E-state index in [9.17, 15) is 0 Å². The lowest BCUT2D eigenvalue weighted by Gasteiger charge is -2.15. The van der Waals surface area contributed by atoms with E-state index >= 15 is 0 Å². The highest BCUT2D eigenvalue weighted by molar-refractivity contribution is 5.11. The molecule has 0 saturated carbocycles. The first-order valence-corrected chi connectivity index (χ1v) is 5.71. The van der Waals surface area contributed by atoms with Gasteiger partial charge in [0.05, 0.1) is 12.5 Å². The van der Waals surface area contributed by atoms with Crippen LogP contribution in [0.5, 0.6) is 0 Å². The minimum Gasteiger partial charge on any atom is -0.472 e. The summed E-state index contributed by atoms with van der Waals surface area (Å²) in [7, 11) is 0. The molecule has 86 valence electrons. The number of furan rings is 1. The molecular weight excluding hydrogens is 190 g/mol. The Balaban J connectivity index is 2.31. The van der Waals surface area contributed by atoms with Crippen molar-refractivity contribution < 1.29 is 9.15 Å². The van der Waals surface area contributed by atoms with Crippen molar-refractivity contribution in [1.82, 2.24) is 5.32 Å². The Hall–Kier alpha value is -0.800. The molecule has 3 nitrogen and oxygen atoms in total. The van der Waals surface area contributed by atoms with Crippen molar-refractivity contribution in [1.29, 1.82) is 0 Å². The second-order valence-corrected chi connectivity index (χ2v) is 3.51. The molecular formula is C12H21NO2. The van der Waals surface area contributed by atoms with Crippen LogP contribution in [0.25, 0.3) is 0 Å². The van der Waals surface area contributed by atoms with Crippen LogP contribution in [-0.2, 0) is 4.74 Å². The first-order chi connectivity index (χ1) is 7.38. The molecule has 0 aromatic carbocycles. The quantitative estimate of drug-likeness (QED) is 0.671. The Morgan fingerprint density at radius 3 is 2.93 bits per heavy atom. The molecule has 0 aliphatic rings. The molecule has 0 fully saturated rings. The van der Waals surface area contributed by atoms with Crippen molar-refractivity contribution in [2.75, 3.05) is 19.8 Å². The third-order valence-corrected chi connectivity index (χ3v) is 2.38. The van der Waals surface area contributed by atoms with Crippen LogP contribution in [0.1, 0.15) is 38.3 Å². The van der Waals surface area contributed by atoms with Crippen molar-refractivity contribution in [3.05, 3.63) is 24.2 Å². The molecule has 1 N–H and O–H groups in total. The first-order valence-electron chi connectivity index (χ1n) is 5.71. The predicted octanol–water partition coefficient (Wildman–Crippen LogP) is 2.75. The number of rotatable bonds is 8. The van der Waals surface area contributed by atoms with Crippen molar-refractivity contribution in [2.45, 2.75) is 32.7 Å². The normalized spacial score (nSPS) is 12.9. The summed E-state index contributed by atoms with van der Waals surface area (Å²) in [5.41, 5.74) is 1.23. The third-order valence-electron chi connectivity index (χ3n) is 2.38. The van der Waals surface area contributed by atoms with Crippen molar-refractivity contribution >= 4 is 0 Å². The minimum absolute atomic E-state index is 0.397. The van der Waals surface area contributed by atoms with E-state index in [4.69, 9.17) is 9.15 Å². The molecule has 1 aromatic heterocycles. The van der Waals surface area contributed by atoms with Gasteiger partial charge in [-0.15, -0.1) is 0 Å². The molecule has 0 spiro atoms. The van der Waals surface area contributed by atoms with Crippen LogP contribution in [-0.4, -0.2) is 19.8 Å². The number of nitrogens with one attached hydrogen (secondary N) is 1. The molecule has 0 saturated heterocycles. The standard InChI is InChI=1S/C12H21NO2/c1-3-13-12(6-5-8-14-4-2)11-7-9-15-10-11/h7,9-10,12-13H,3-6,8H2,1-2H3. The maximum absolute atomic E-state index is 5.33. The number of hydrogen-bond acceptors (Lipinski definition) is 3. The average molecular weight is 211 g/mol. The second-order valence-electron chi connectivity index (χ2n) is 3.51. The number of ether oxygens (including phenoxy) is 1. The molecule has 15 heavy (non-hydrogen) atoms. The van der Waals surface area contributed by atoms with Crippen molar-refractivity contribution in [3.8, 4) is 0 Å². The molecule has 1 atom stereocenters. The van der Waals surface area contributed by atoms with Gasteiger partial charge in [0.1, 0.15) is 0 Å². The van der Waals surface area contributed by atoms with E-state index in [2.05, 4.69) is 12.2 Å². The van der Waals surface area contributed by atoms with Crippen LogP contribution in [0.3, 0.4) is 0 Å². The molecule has 3 heteroatoms. The largest absolute Gasteiger partial charge is 0.472 e. The summed E-state index contributed by atoms with van der Waals surface area (Å²) in [6.45, 7) is 6.77. The molecule has 0 aliphatic carbocycles. The molecule has 1 aromatic rings. The van der Waals surface area contributed by atoms with Crippen LogP contribution in [0.4, 0.5) is 0 Å². The zero-order chi connectivity index (χ0) is 10.9. The average Bonchev–Trinajstić information content (AvgIpc) is 2.76. The SMILES string of the molecule is CCNC(CCCOCC)c1ccoc1. The van der Waals surface area contributed by atoms with Gasteiger partial charge in [-0.2, -0.15) is 0 Å². The molecule has 0 amide bonds. The Morgan fingerprint density at radius 2 is 2.33 bits per heavy atom. The Kier molecular flexibility index (Phi) is 6.12. The van der Waals surface area contributed by atoms with E-state index in [-0.39, 0.29) is 0 Å². The van der Waals surface area contributed by atoms with Crippen LogP contribution in [0.15, 0.2) is 23.0 Å². The van der Waals surface area contributed by atoms with Gasteiger partial charge in [0, 0.05) is 24.8 Å². The summed E-state index contributed by atoms with van der Waals surface area (Å²) in [6.07, 6.45) is 5.71. The van der Waals surface area contributed by atoms with Gasteiger partial charge in [0.15, 0.2) is 0 Å². The van der Waals surface area contributed by atoms with Crippen LogP contribution in [0.2, 0.25) is 0 Å². The topological polar surface area (TPSA) is 34.4 Å². The summed E-state index contributed by atoms with van der Waals surface area (Å²) in [5.74, 6) is 0. The molecule has 1 rings (SSSR count). The molecule has 1 heterocycles. The van der Waals surface area contributed by atoms with Gasteiger partial charge >= 0.3 is 0 Å². The summed E-state index contributed by atoms with van der Waals surface area (Å²) in [5, 5.41) is 3.45. The van der Waals surface area contributed by atoms with E-state index in [0.29, 0.717) is 6.04 Å². The summed E-state index contributed by atoms with van der Waals surface area (Å²) in [6, 6.07) is 2.42. The lowest BCUT2D eigenvalue weighted by atomic mass is 10.1. The first kappa shape index (κ1) is 12.3. The fraction of sp³-hybridized carbons (Fsp3) is 0.667. The van der Waals surface area contributed by atoms with E-state index in [0.717, 1.165) is 32.6 Å². The monoisotopic (exact) mass is 211 g/mol. The molecule has 0 aliphatic heterocycles. The fourth-order valence-corrected chi connectivity index (χ4v) is 1.64. The maximum atomic E-state index is 5.33. The van der Waals surface area contributed by atoms with Crippen molar-refractivity contribution in [2.24, 2.45) is 0 Å². The zero-order valence-electron chi connectivity index (χ0n) is 9.66. The van der Waals surface area contributed by atoms with E-state index in [1.54, 1.807) is 6.26 Å². The molecule has 0 radical (unpaired) electrons. The van der Waals surface area contributed by atoms with Crippen LogP contribution >= 0.6 is 0 Å². The molecule has 1 unspecified atom stereocenters.